The smallest absolute Gasteiger partial charge is 0.318 e. The summed E-state index contributed by atoms with van der Waals surface area (Å²) in [6.07, 6.45) is 0. The van der Waals surface area contributed by atoms with Crippen LogP contribution in [0.4, 0.5) is 6.01 Å². The fourth-order valence-corrected chi connectivity index (χ4v) is 3.85. The maximum Gasteiger partial charge on any atom is 0.318 e. The van der Waals surface area contributed by atoms with Gasteiger partial charge < -0.3 is 14.1 Å². The van der Waals surface area contributed by atoms with E-state index in [-0.39, 0.29) is 4.90 Å². The van der Waals surface area contributed by atoms with Crippen LogP contribution >= 0.6 is 0 Å². The Morgan fingerprint density at radius 3 is 2.26 bits per heavy atom. The monoisotopic (exact) mass is 338 g/mol. The Morgan fingerprint density at radius 2 is 1.74 bits per heavy atom. The highest BCUT2D eigenvalue weighted by atomic mass is 32.2. The van der Waals surface area contributed by atoms with Crippen molar-refractivity contribution in [3.8, 4) is 5.75 Å². The van der Waals surface area contributed by atoms with Crippen LogP contribution in [-0.4, -0.2) is 56.2 Å². The number of nitrogens with zero attached hydrogens (tertiary/aromatic N) is 4. The molecule has 0 N–H and O–H groups in total. The standard InChI is InChI=1S/C14H18N4O4S/c1-11-15-16-14(22-11)17-7-9-18(10-8-17)23(19,20)13-5-3-12(21-2)4-6-13/h3-6H,7-10H2,1-2H3. The molecule has 1 aromatic carbocycles. The van der Waals surface area contributed by atoms with Gasteiger partial charge in [-0.3, -0.25) is 0 Å². The molecular formula is C14H18N4O4S. The third-order valence-electron chi connectivity index (χ3n) is 3.72. The summed E-state index contributed by atoms with van der Waals surface area (Å²) in [5.74, 6) is 1.12. The molecule has 1 aromatic heterocycles. The van der Waals surface area contributed by atoms with Gasteiger partial charge in [0.05, 0.1) is 12.0 Å². The minimum atomic E-state index is -3.50. The predicted molar refractivity (Wildman–Crippen MR) is 83.0 cm³/mol. The second kappa shape index (κ2) is 6.17. The molecule has 124 valence electrons. The van der Waals surface area contributed by atoms with Crippen LogP contribution in [0.25, 0.3) is 0 Å². The first-order valence-electron chi connectivity index (χ1n) is 7.20. The van der Waals surface area contributed by atoms with Crippen LogP contribution in [0, 0.1) is 6.92 Å². The van der Waals surface area contributed by atoms with Crippen molar-refractivity contribution in [1.82, 2.24) is 14.5 Å². The van der Waals surface area contributed by atoms with E-state index in [1.807, 2.05) is 4.90 Å². The summed E-state index contributed by atoms with van der Waals surface area (Å²) in [6.45, 7) is 3.49. The topological polar surface area (TPSA) is 88.8 Å². The summed E-state index contributed by atoms with van der Waals surface area (Å²) in [5, 5.41) is 7.75. The molecule has 0 amide bonds. The molecule has 0 aliphatic carbocycles. The van der Waals surface area contributed by atoms with E-state index >= 15 is 0 Å². The van der Waals surface area contributed by atoms with Gasteiger partial charge in [0.2, 0.25) is 15.9 Å². The molecule has 9 heteroatoms. The SMILES string of the molecule is COc1ccc(S(=O)(=O)N2CCN(c3nnc(C)o3)CC2)cc1. The summed E-state index contributed by atoms with van der Waals surface area (Å²) in [6, 6.07) is 6.84. The van der Waals surface area contributed by atoms with Crippen molar-refractivity contribution in [2.75, 3.05) is 38.2 Å². The van der Waals surface area contributed by atoms with Gasteiger partial charge in [0.15, 0.2) is 0 Å². The molecule has 8 nitrogen and oxygen atoms in total. The number of benzene rings is 1. The molecule has 3 rings (SSSR count). The largest absolute Gasteiger partial charge is 0.497 e. The molecule has 0 saturated carbocycles. The Balaban J connectivity index is 1.70. The van der Waals surface area contributed by atoms with Crippen LogP contribution < -0.4 is 9.64 Å². The highest BCUT2D eigenvalue weighted by molar-refractivity contribution is 7.89. The van der Waals surface area contributed by atoms with E-state index in [0.717, 1.165) is 0 Å². The molecule has 23 heavy (non-hydrogen) atoms. The lowest BCUT2D eigenvalue weighted by Crippen LogP contribution is -2.48. The van der Waals surface area contributed by atoms with Gasteiger partial charge >= 0.3 is 6.01 Å². The maximum absolute atomic E-state index is 12.6. The zero-order chi connectivity index (χ0) is 16.4. The van der Waals surface area contributed by atoms with E-state index in [9.17, 15) is 8.42 Å². The maximum atomic E-state index is 12.6. The third-order valence-corrected chi connectivity index (χ3v) is 5.63. The van der Waals surface area contributed by atoms with Crippen molar-refractivity contribution in [2.24, 2.45) is 0 Å². The van der Waals surface area contributed by atoms with Crippen LogP contribution in [0.5, 0.6) is 5.75 Å². The van der Waals surface area contributed by atoms with Gasteiger partial charge in [-0.2, -0.15) is 4.31 Å². The summed E-state index contributed by atoms with van der Waals surface area (Å²) < 4.78 is 37.2. The Bertz CT molecular complexity index is 764. The lowest BCUT2D eigenvalue weighted by atomic mass is 10.3. The second-order valence-electron chi connectivity index (χ2n) is 5.17. The zero-order valence-corrected chi connectivity index (χ0v) is 13.8. The zero-order valence-electron chi connectivity index (χ0n) is 13.0. The number of anilines is 1. The van der Waals surface area contributed by atoms with Crippen LogP contribution in [0.3, 0.4) is 0 Å². The van der Waals surface area contributed by atoms with Gasteiger partial charge in [-0.15, -0.1) is 5.10 Å². The average Bonchev–Trinajstić information content (AvgIpc) is 3.01. The van der Waals surface area contributed by atoms with Crippen molar-refractivity contribution < 1.29 is 17.6 Å². The Labute approximate surface area is 134 Å². The normalized spacial score (nSPS) is 16.5. The van der Waals surface area contributed by atoms with Crippen LogP contribution in [0.1, 0.15) is 5.89 Å². The summed E-state index contributed by atoms with van der Waals surface area (Å²) in [4.78, 5) is 2.15. The molecular weight excluding hydrogens is 320 g/mol. The quantitative estimate of drug-likeness (QED) is 0.818. The first kappa shape index (κ1) is 15.8. The molecule has 2 heterocycles. The van der Waals surface area contributed by atoms with Gasteiger partial charge in [0, 0.05) is 33.1 Å². The minimum absolute atomic E-state index is 0.264. The summed E-state index contributed by atoms with van der Waals surface area (Å²) in [5.41, 5.74) is 0. The summed E-state index contributed by atoms with van der Waals surface area (Å²) >= 11 is 0. The lowest BCUT2D eigenvalue weighted by molar-refractivity contribution is 0.370. The number of aryl methyl sites for hydroxylation is 1. The van der Waals surface area contributed by atoms with Crippen LogP contribution in [0.15, 0.2) is 33.6 Å². The minimum Gasteiger partial charge on any atom is -0.497 e. The van der Waals surface area contributed by atoms with E-state index < -0.39 is 10.0 Å². The first-order chi connectivity index (χ1) is 11.0. The lowest BCUT2D eigenvalue weighted by Gasteiger charge is -2.32. The van der Waals surface area contributed by atoms with Crippen molar-refractivity contribution in [1.29, 1.82) is 0 Å². The van der Waals surface area contributed by atoms with Gasteiger partial charge in [-0.25, -0.2) is 8.42 Å². The number of aromatic nitrogens is 2. The van der Waals surface area contributed by atoms with E-state index in [2.05, 4.69) is 10.2 Å². The molecule has 0 bridgehead atoms. The number of ether oxygens (including phenoxy) is 1. The van der Waals surface area contributed by atoms with E-state index in [1.54, 1.807) is 38.3 Å². The molecule has 1 aliphatic rings. The fraction of sp³-hybridized carbons (Fsp3) is 0.429. The van der Waals surface area contributed by atoms with Gasteiger partial charge in [0.1, 0.15) is 5.75 Å². The number of hydrogen-bond donors (Lipinski definition) is 0. The van der Waals surface area contributed by atoms with Crippen molar-refractivity contribution >= 4 is 16.0 Å². The molecule has 1 fully saturated rings. The van der Waals surface area contributed by atoms with E-state index in [4.69, 9.17) is 9.15 Å². The third kappa shape index (κ3) is 3.15. The van der Waals surface area contributed by atoms with E-state index in [0.29, 0.717) is 43.8 Å². The van der Waals surface area contributed by atoms with Crippen LogP contribution in [0.2, 0.25) is 0 Å². The molecule has 0 spiro atoms. The highest BCUT2D eigenvalue weighted by Gasteiger charge is 2.30. The van der Waals surface area contributed by atoms with Crippen LogP contribution in [-0.2, 0) is 10.0 Å². The average molecular weight is 338 g/mol. The predicted octanol–water partition coefficient (Wildman–Crippen LogP) is 0.898. The fourth-order valence-electron chi connectivity index (χ4n) is 2.43. The van der Waals surface area contributed by atoms with E-state index in [1.165, 1.54) is 4.31 Å². The van der Waals surface area contributed by atoms with Gasteiger partial charge in [-0.05, 0) is 24.3 Å². The Hall–Kier alpha value is -2.13. The highest BCUT2D eigenvalue weighted by Crippen LogP contribution is 2.22. The molecule has 1 aliphatic heterocycles. The number of sulfonamides is 1. The summed E-state index contributed by atoms with van der Waals surface area (Å²) in [7, 11) is -1.96. The number of methoxy groups -OCH3 is 1. The number of piperazine rings is 1. The number of rotatable bonds is 4. The van der Waals surface area contributed by atoms with Crippen molar-refractivity contribution in [3.63, 3.8) is 0 Å². The Morgan fingerprint density at radius 1 is 1.09 bits per heavy atom. The molecule has 0 radical (unpaired) electrons. The van der Waals surface area contributed by atoms with Gasteiger partial charge in [0.25, 0.3) is 0 Å². The molecule has 0 unspecified atom stereocenters. The molecule has 1 saturated heterocycles. The molecule has 0 atom stereocenters. The second-order valence-corrected chi connectivity index (χ2v) is 7.11. The molecule has 2 aromatic rings. The number of hydrogen-bond acceptors (Lipinski definition) is 7. The van der Waals surface area contributed by atoms with Gasteiger partial charge in [-0.1, -0.05) is 5.10 Å². The van der Waals surface area contributed by atoms with Crippen molar-refractivity contribution in [3.05, 3.63) is 30.2 Å². The first-order valence-corrected chi connectivity index (χ1v) is 8.64. The van der Waals surface area contributed by atoms with Crippen molar-refractivity contribution in [2.45, 2.75) is 11.8 Å². The Kier molecular flexibility index (Phi) is 4.22.